The smallest absolute Gasteiger partial charge is 0.313 e. The Hall–Kier alpha value is -1.65. The van der Waals surface area contributed by atoms with Crippen LogP contribution in [0.25, 0.3) is 0 Å². The second-order valence-electron chi connectivity index (χ2n) is 4.90. The molecule has 104 valence electrons. The summed E-state index contributed by atoms with van der Waals surface area (Å²) in [5.41, 5.74) is -0.528. The summed E-state index contributed by atoms with van der Waals surface area (Å²) in [6.45, 7) is 2.55. The molecule has 0 aromatic carbocycles. The molecule has 4 nitrogen and oxygen atoms in total. The van der Waals surface area contributed by atoms with E-state index in [0.29, 0.717) is 13.2 Å². The van der Waals surface area contributed by atoms with Gasteiger partial charge in [0.25, 0.3) is 0 Å². The van der Waals surface area contributed by atoms with Gasteiger partial charge in [-0.15, -0.1) is 0 Å². The number of hydrogen-bond donors (Lipinski definition) is 1. The van der Waals surface area contributed by atoms with E-state index in [9.17, 15) is 9.18 Å². The van der Waals surface area contributed by atoms with Gasteiger partial charge in [0, 0.05) is 12.7 Å². The van der Waals surface area contributed by atoms with E-state index in [2.05, 4.69) is 10.3 Å². The van der Waals surface area contributed by atoms with Gasteiger partial charge in [0.05, 0.1) is 12.0 Å². The monoisotopic (exact) mass is 266 g/mol. The summed E-state index contributed by atoms with van der Waals surface area (Å²) in [6.07, 6.45) is 5.11. The highest BCUT2D eigenvalue weighted by Gasteiger charge is 2.42. The molecule has 0 spiro atoms. The Balaban J connectivity index is 2.06. The molecule has 1 saturated carbocycles. The lowest BCUT2D eigenvalue weighted by Crippen LogP contribution is -2.37. The van der Waals surface area contributed by atoms with E-state index in [0.717, 1.165) is 25.7 Å². The molecule has 2 rings (SSSR count). The van der Waals surface area contributed by atoms with Gasteiger partial charge in [0.2, 0.25) is 0 Å². The van der Waals surface area contributed by atoms with Crippen molar-refractivity contribution in [2.24, 2.45) is 5.41 Å². The van der Waals surface area contributed by atoms with Gasteiger partial charge < -0.3 is 10.1 Å². The molecule has 1 N–H and O–H groups in total. The molecular formula is C14H19FN2O2. The fourth-order valence-corrected chi connectivity index (χ4v) is 2.56. The lowest BCUT2D eigenvalue weighted by molar-refractivity contribution is -0.154. The van der Waals surface area contributed by atoms with Crippen molar-refractivity contribution in [2.75, 3.05) is 18.5 Å². The number of carbonyl (C=O) groups excluding carboxylic acids is 1. The third-order valence-electron chi connectivity index (χ3n) is 3.62. The van der Waals surface area contributed by atoms with Crippen molar-refractivity contribution in [3.8, 4) is 0 Å². The minimum atomic E-state index is -0.528. The number of halogens is 1. The summed E-state index contributed by atoms with van der Waals surface area (Å²) in [5, 5.41) is 2.95. The van der Waals surface area contributed by atoms with Crippen LogP contribution in [-0.4, -0.2) is 24.1 Å². The summed E-state index contributed by atoms with van der Waals surface area (Å²) in [5.74, 6) is -0.395. The Bertz CT molecular complexity index is 445. The minimum Gasteiger partial charge on any atom is -0.466 e. The summed E-state index contributed by atoms with van der Waals surface area (Å²) >= 11 is 0. The molecule has 0 atom stereocenters. The van der Waals surface area contributed by atoms with E-state index >= 15 is 0 Å². The molecule has 0 radical (unpaired) electrons. The quantitative estimate of drug-likeness (QED) is 0.833. The maximum Gasteiger partial charge on any atom is 0.313 e. The zero-order chi connectivity index (χ0) is 13.7. The Kier molecular flexibility index (Phi) is 4.35. The average molecular weight is 266 g/mol. The first kappa shape index (κ1) is 13.8. The number of pyridine rings is 1. The predicted molar refractivity (Wildman–Crippen MR) is 70.2 cm³/mol. The van der Waals surface area contributed by atoms with Gasteiger partial charge in [-0.25, -0.2) is 9.37 Å². The number of hydrogen-bond acceptors (Lipinski definition) is 4. The fraction of sp³-hybridized carbons (Fsp3) is 0.571. The summed E-state index contributed by atoms with van der Waals surface area (Å²) in [6, 6.07) is 2.89. The van der Waals surface area contributed by atoms with E-state index in [-0.39, 0.29) is 11.8 Å². The van der Waals surface area contributed by atoms with Crippen LogP contribution in [0.3, 0.4) is 0 Å². The zero-order valence-corrected chi connectivity index (χ0v) is 11.1. The zero-order valence-electron chi connectivity index (χ0n) is 11.1. The number of aromatic nitrogens is 1. The number of nitrogens with zero attached hydrogens (tertiary/aromatic N) is 1. The average Bonchev–Trinajstić information content (AvgIpc) is 2.88. The van der Waals surface area contributed by atoms with Crippen LogP contribution in [0.1, 0.15) is 32.6 Å². The highest BCUT2D eigenvalue weighted by molar-refractivity contribution is 5.78. The van der Waals surface area contributed by atoms with Crippen molar-refractivity contribution in [3.05, 3.63) is 24.1 Å². The third-order valence-corrected chi connectivity index (χ3v) is 3.62. The Morgan fingerprint density at radius 1 is 1.53 bits per heavy atom. The van der Waals surface area contributed by atoms with Crippen molar-refractivity contribution in [1.82, 2.24) is 4.98 Å². The van der Waals surface area contributed by atoms with E-state index < -0.39 is 11.2 Å². The molecular weight excluding hydrogens is 247 g/mol. The van der Waals surface area contributed by atoms with E-state index in [1.54, 1.807) is 6.92 Å². The molecule has 5 heteroatoms. The molecule has 0 unspecified atom stereocenters. The van der Waals surface area contributed by atoms with Crippen LogP contribution in [0, 0.1) is 11.2 Å². The van der Waals surface area contributed by atoms with Crippen LogP contribution >= 0.6 is 0 Å². The maximum atomic E-state index is 13.5. The van der Waals surface area contributed by atoms with Crippen molar-refractivity contribution >= 4 is 11.8 Å². The number of nitrogens with one attached hydrogen (secondary N) is 1. The van der Waals surface area contributed by atoms with Crippen LogP contribution in [0.15, 0.2) is 18.3 Å². The molecule has 1 heterocycles. The highest BCUT2D eigenvalue weighted by Crippen LogP contribution is 2.39. The van der Waals surface area contributed by atoms with Gasteiger partial charge in [-0.3, -0.25) is 4.79 Å². The predicted octanol–water partition coefficient (Wildman–Crippen LogP) is 2.76. The molecule has 0 saturated heterocycles. The first-order chi connectivity index (χ1) is 9.18. The molecule has 1 aliphatic carbocycles. The second kappa shape index (κ2) is 5.99. The molecule has 1 aromatic rings. The summed E-state index contributed by atoms with van der Waals surface area (Å²) < 4.78 is 18.7. The normalized spacial score (nSPS) is 17.2. The first-order valence-corrected chi connectivity index (χ1v) is 6.69. The lowest BCUT2D eigenvalue weighted by Gasteiger charge is -2.26. The Morgan fingerprint density at radius 2 is 2.26 bits per heavy atom. The number of carbonyl (C=O) groups is 1. The molecule has 0 amide bonds. The van der Waals surface area contributed by atoms with Crippen LogP contribution in [0.5, 0.6) is 0 Å². The SMILES string of the molecule is CCOC(=O)C1(CNc2ncccc2F)CCCC1. The Labute approximate surface area is 112 Å². The lowest BCUT2D eigenvalue weighted by atomic mass is 9.86. The maximum absolute atomic E-state index is 13.5. The van der Waals surface area contributed by atoms with Crippen LogP contribution in [0.4, 0.5) is 10.2 Å². The van der Waals surface area contributed by atoms with Crippen LogP contribution < -0.4 is 5.32 Å². The standard InChI is InChI=1S/C14H19FN2O2/c1-2-19-13(18)14(7-3-4-8-14)10-17-12-11(15)6-5-9-16-12/h5-6,9H,2-4,7-8,10H2,1H3,(H,16,17). The molecule has 1 aliphatic rings. The van der Waals surface area contributed by atoms with Crippen LogP contribution in [0.2, 0.25) is 0 Å². The number of esters is 1. The third kappa shape index (κ3) is 3.03. The Morgan fingerprint density at radius 3 is 2.89 bits per heavy atom. The van der Waals surface area contributed by atoms with Crippen LogP contribution in [-0.2, 0) is 9.53 Å². The molecule has 19 heavy (non-hydrogen) atoms. The highest BCUT2D eigenvalue weighted by atomic mass is 19.1. The summed E-state index contributed by atoms with van der Waals surface area (Å²) in [7, 11) is 0. The van der Waals surface area contributed by atoms with Gasteiger partial charge in [-0.2, -0.15) is 0 Å². The number of rotatable bonds is 5. The molecule has 1 fully saturated rings. The van der Waals surface area contributed by atoms with Crippen molar-refractivity contribution in [1.29, 1.82) is 0 Å². The van der Waals surface area contributed by atoms with E-state index in [4.69, 9.17) is 4.74 Å². The van der Waals surface area contributed by atoms with Crippen molar-refractivity contribution in [3.63, 3.8) is 0 Å². The molecule has 0 aliphatic heterocycles. The molecule has 0 bridgehead atoms. The van der Waals surface area contributed by atoms with Crippen molar-refractivity contribution < 1.29 is 13.9 Å². The molecule has 1 aromatic heterocycles. The number of ether oxygens (including phenoxy) is 1. The van der Waals surface area contributed by atoms with Gasteiger partial charge in [-0.05, 0) is 31.9 Å². The largest absolute Gasteiger partial charge is 0.466 e. The van der Waals surface area contributed by atoms with E-state index in [1.807, 2.05) is 0 Å². The van der Waals surface area contributed by atoms with Gasteiger partial charge in [0.15, 0.2) is 11.6 Å². The fourth-order valence-electron chi connectivity index (χ4n) is 2.56. The summed E-state index contributed by atoms with van der Waals surface area (Å²) in [4.78, 5) is 16.0. The second-order valence-corrected chi connectivity index (χ2v) is 4.90. The minimum absolute atomic E-state index is 0.184. The topological polar surface area (TPSA) is 51.2 Å². The number of anilines is 1. The first-order valence-electron chi connectivity index (χ1n) is 6.69. The van der Waals surface area contributed by atoms with Gasteiger partial charge in [0.1, 0.15) is 0 Å². The van der Waals surface area contributed by atoms with Crippen molar-refractivity contribution in [2.45, 2.75) is 32.6 Å². The van der Waals surface area contributed by atoms with Gasteiger partial charge in [-0.1, -0.05) is 12.8 Å². The van der Waals surface area contributed by atoms with E-state index in [1.165, 1.54) is 18.3 Å². The van der Waals surface area contributed by atoms with Gasteiger partial charge >= 0.3 is 5.97 Å².